The molecule has 1 aromatic carbocycles. The van der Waals surface area contributed by atoms with Gasteiger partial charge in [0.1, 0.15) is 5.75 Å². The molecule has 1 aliphatic heterocycles. The van der Waals surface area contributed by atoms with Gasteiger partial charge in [0.25, 0.3) is 5.91 Å². The topological polar surface area (TPSA) is 87.7 Å². The summed E-state index contributed by atoms with van der Waals surface area (Å²) in [6, 6.07) is 4.81. The van der Waals surface area contributed by atoms with E-state index in [0.717, 1.165) is 0 Å². The predicted molar refractivity (Wildman–Crippen MR) is 68.0 cm³/mol. The lowest BCUT2D eigenvalue weighted by molar-refractivity contribution is -0.135. The van der Waals surface area contributed by atoms with Gasteiger partial charge in [-0.25, -0.2) is 0 Å². The van der Waals surface area contributed by atoms with Crippen LogP contribution in [0, 0.1) is 0 Å². The third-order valence-corrected chi connectivity index (χ3v) is 2.74. The average molecular weight is 263 g/mol. The number of hydrogen-bond donors (Lipinski definition) is 2. The number of nitrogens with one attached hydrogen (secondary N) is 2. The SMILES string of the molecule is CNC(=O)C(=O)Nc1ccc2c(c1)N(C)C(=O)CO2. The minimum atomic E-state index is -0.770. The van der Waals surface area contributed by atoms with E-state index in [4.69, 9.17) is 4.74 Å². The van der Waals surface area contributed by atoms with E-state index in [1.807, 2.05) is 0 Å². The van der Waals surface area contributed by atoms with E-state index in [1.54, 1.807) is 25.2 Å². The van der Waals surface area contributed by atoms with Gasteiger partial charge in [0.15, 0.2) is 6.61 Å². The van der Waals surface area contributed by atoms with Gasteiger partial charge in [-0.15, -0.1) is 0 Å². The number of fused-ring (bicyclic) bond motifs is 1. The van der Waals surface area contributed by atoms with Gasteiger partial charge in [0.05, 0.1) is 5.69 Å². The summed E-state index contributed by atoms with van der Waals surface area (Å²) in [5, 5.41) is 4.66. The molecule has 1 aliphatic rings. The van der Waals surface area contributed by atoms with Crippen LogP contribution in [0.4, 0.5) is 11.4 Å². The van der Waals surface area contributed by atoms with Crippen LogP contribution in [-0.2, 0) is 14.4 Å². The fraction of sp³-hybridized carbons (Fsp3) is 0.250. The zero-order valence-electron chi connectivity index (χ0n) is 10.5. The Morgan fingerprint density at radius 3 is 2.74 bits per heavy atom. The number of amides is 3. The van der Waals surface area contributed by atoms with Crippen molar-refractivity contribution in [3.8, 4) is 5.75 Å². The van der Waals surface area contributed by atoms with Crippen LogP contribution in [0.15, 0.2) is 18.2 Å². The highest BCUT2D eigenvalue weighted by atomic mass is 16.5. The second-order valence-corrected chi connectivity index (χ2v) is 3.96. The number of carbonyl (C=O) groups is 3. The number of nitrogens with zero attached hydrogens (tertiary/aromatic N) is 1. The molecule has 1 heterocycles. The number of anilines is 2. The van der Waals surface area contributed by atoms with Crippen LogP contribution in [0.5, 0.6) is 5.75 Å². The van der Waals surface area contributed by atoms with Crippen molar-refractivity contribution >= 4 is 29.1 Å². The van der Waals surface area contributed by atoms with Crippen molar-refractivity contribution in [3.05, 3.63) is 18.2 Å². The molecule has 0 saturated heterocycles. The van der Waals surface area contributed by atoms with Crippen molar-refractivity contribution in [2.75, 3.05) is 30.9 Å². The highest BCUT2D eigenvalue weighted by Gasteiger charge is 2.23. The summed E-state index contributed by atoms with van der Waals surface area (Å²) < 4.78 is 5.25. The van der Waals surface area contributed by atoms with Crippen molar-refractivity contribution in [1.29, 1.82) is 0 Å². The smallest absolute Gasteiger partial charge is 0.313 e. The lowest BCUT2D eigenvalue weighted by Crippen LogP contribution is -2.36. The molecule has 3 amide bonds. The summed E-state index contributed by atoms with van der Waals surface area (Å²) >= 11 is 0. The van der Waals surface area contributed by atoms with E-state index in [2.05, 4.69) is 10.6 Å². The fourth-order valence-corrected chi connectivity index (χ4v) is 1.65. The molecule has 0 radical (unpaired) electrons. The molecule has 0 aromatic heterocycles. The molecule has 2 rings (SSSR count). The Morgan fingerprint density at radius 2 is 2.05 bits per heavy atom. The van der Waals surface area contributed by atoms with Crippen molar-refractivity contribution in [2.45, 2.75) is 0 Å². The molecular formula is C12H13N3O4. The van der Waals surface area contributed by atoms with Crippen LogP contribution in [0.2, 0.25) is 0 Å². The van der Waals surface area contributed by atoms with E-state index < -0.39 is 11.8 Å². The number of hydrogen-bond acceptors (Lipinski definition) is 4. The highest BCUT2D eigenvalue weighted by molar-refractivity contribution is 6.39. The molecule has 0 aliphatic carbocycles. The summed E-state index contributed by atoms with van der Waals surface area (Å²) in [5.41, 5.74) is 0.962. The van der Waals surface area contributed by atoms with Gasteiger partial charge in [0.2, 0.25) is 0 Å². The third kappa shape index (κ3) is 2.49. The van der Waals surface area contributed by atoms with E-state index in [9.17, 15) is 14.4 Å². The Balaban J connectivity index is 2.23. The van der Waals surface area contributed by atoms with Crippen LogP contribution in [-0.4, -0.2) is 38.4 Å². The van der Waals surface area contributed by atoms with E-state index in [1.165, 1.54) is 11.9 Å². The summed E-state index contributed by atoms with van der Waals surface area (Å²) in [6.07, 6.45) is 0. The standard InChI is InChI=1S/C12H13N3O4/c1-13-11(17)12(18)14-7-3-4-9-8(5-7)15(2)10(16)6-19-9/h3-5H,6H2,1-2H3,(H,13,17)(H,14,18). The molecule has 0 bridgehead atoms. The molecule has 2 N–H and O–H groups in total. The first kappa shape index (κ1) is 12.9. The van der Waals surface area contributed by atoms with Crippen LogP contribution in [0.1, 0.15) is 0 Å². The Bertz CT molecular complexity index is 556. The van der Waals surface area contributed by atoms with Crippen LogP contribution >= 0.6 is 0 Å². The number of likely N-dealkylation sites (N-methyl/N-ethyl adjacent to an activating group) is 2. The van der Waals surface area contributed by atoms with Gasteiger partial charge in [-0.05, 0) is 18.2 Å². The largest absolute Gasteiger partial charge is 0.482 e. The van der Waals surface area contributed by atoms with E-state index in [0.29, 0.717) is 17.1 Å². The second kappa shape index (κ2) is 4.97. The number of carbonyl (C=O) groups excluding carboxylic acids is 3. The summed E-state index contributed by atoms with van der Waals surface area (Å²) in [7, 11) is 2.99. The molecule has 0 saturated carbocycles. The molecule has 0 atom stereocenters. The van der Waals surface area contributed by atoms with Crippen LogP contribution in [0.3, 0.4) is 0 Å². The summed E-state index contributed by atoms with van der Waals surface area (Å²) in [4.78, 5) is 35.5. The first-order chi connectivity index (χ1) is 9.02. The first-order valence-electron chi connectivity index (χ1n) is 5.59. The van der Waals surface area contributed by atoms with Crippen molar-refractivity contribution in [3.63, 3.8) is 0 Å². The summed E-state index contributed by atoms with van der Waals surface area (Å²) in [6.45, 7) is -0.00650. The molecule has 1 aromatic rings. The van der Waals surface area contributed by atoms with Gasteiger partial charge in [-0.3, -0.25) is 14.4 Å². The maximum atomic E-state index is 11.5. The van der Waals surface area contributed by atoms with Gasteiger partial charge >= 0.3 is 11.8 Å². The predicted octanol–water partition coefficient (Wildman–Crippen LogP) is -0.274. The fourth-order valence-electron chi connectivity index (χ4n) is 1.65. The normalized spacial score (nSPS) is 13.4. The monoisotopic (exact) mass is 263 g/mol. The molecule has 7 heteroatoms. The second-order valence-electron chi connectivity index (χ2n) is 3.96. The number of rotatable bonds is 1. The van der Waals surface area contributed by atoms with Crippen molar-refractivity contribution in [1.82, 2.24) is 5.32 Å². The van der Waals surface area contributed by atoms with E-state index in [-0.39, 0.29) is 12.5 Å². The lowest BCUT2D eigenvalue weighted by atomic mass is 10.2. The minimum Gasteiger partial charge on any atom is -0.482 e. The maximum absolute atomic E-state index is 11.5. The Labute approximate surface area is 109 Å². The van der Waals surface area contributed by atoms with Gasteiger partial charge in [-0.1, -0.05) is 0 Å². The molecule has 0 spiro atoms. The van der Waals surface area contributed by atoms with Crippen LogP contribution in [0.25, 0.3) is 0 Å². The van der Waals surface area contributed by atoms with Crippen molar-refractivity contribution in [2.24, 2.45) is 0 Å². The molecule has 7 nitrogen and oxygen atoms in total. The molecular weight excluding hydrogens is 250 g/mol. The quantitative estimate of drug-likeness (QED) is 0.682. The average Bonchev–Trinajstić information content (AvgIpc) is 2.42. The Hall–Kier alpha value is -2.57. The number of benzene rings is 1. The maximum Gasteiger partial charge on any atom is 0.313 e. The van der Waals surface area contributed by atoms with Gasteiger partial charge in [0, 0.05) is 19.8 Å². The van der Waals surface area contributed by atoms with Crippen LogP contribution < -0.4 is 20.3 Å². The molecule has 0 fully saturated rings. The van der Waals surface area contributed by atoms with Gasteiger partial charge < -0.3 is 20.3 Å². The lowest BCUT2D eigenvalue weighted by Gasteiger charge is -2.26. The zero-order valence-corrected chi connectivity index (χ0v) is 10.5. The first-order valence-corrected chi connectivity index (χ1v) is 5.59. The Kier molecular flexibility index (Phi) is 3.37. The zero-order chi connectivity index (χ0) is 14.0. The van der Waals surface area contributed by atoms with Gasteiger partial charge in [-0.2, -0.15) is 0 Å². The summed E-state index contributed by atoms with van der Waals surface area (Å²) in [5.74, 6) is -1.13. The van der Waals surface area contributed by atoms with E-state index >= 15 is 0 Å². The number of ether oxygens (including phenoxy) is 1. The molecule has 100 valence electrons. The Morgan fingerprint density at radius 1 is 1.32 bits per heavy atom. The van der Waals surface area contributed by atoms with Crippen molar-refractivity contribution < 1.29 is 19.1 Å². The minimum absolute atomic E-state index is 0.00650. The molecule has 19 heavy (non-hydrogen) atoms. The molecule has 0 unspecified atom stereocenters. The highest BCUT2D eigenvalue weighted by Crippen LogP contribution is 2.33. The third-order valence-electron chi connectivity index (χ3n) is 2.74.